The Hall–Kier alpha value is -1.14. The van der Waals surface area contributed by atoms with Crippen LogP contribution in [0.15, 0.2) is 39.4 Å². The number of anilines is 1. The molecule has 1 unspecified atom stereocenters. The fraction of sp³-hybridized carbons (Fsp3) is 0.231. The van der Waals surface area contributed by atoms with Gasteiger partial charge in [0.15, 0.2) is 4.67 Å². The molecule has 1 aromatic carbocycles. The van der Waals surface area contributed by atoms with E-state index in [0.717, 1.165) is 6.07 Å². The number of rotatable bonds is 3. The second kappa shape index (κ2) is 5.69. The van der Waals surface area contributed by atoms with Gasteiger partial charge < -0.3 is 9.73 Å². The Bertz CT molecular complexity index is 612. The Balaban J connectivity index is 2.33. The summed E-state index contributed by atoms with van der Waals surface area (Å²) in [6, 6.07) is 6.55. The van der Waals surface area contributed by atoms with Crippen molar-refractivity contribution in [3.8, 4) is 0 Å². The molecule has 2 nitrogen and oxygen atoms in total. The minimum absolute atomic E-state index is 0.0114. The summed E-state index contributed by atoms with van der Waals surface area (Å²) in [7, 11) is 0. The highest BCUT2D eigenvalue weighted by Crippen LogP contribution is 2.40. The Morgan fingerprint density at radius 2 is 1.95 bits per heavy atom. The van der Waals surface area contributed by atoms with Crippen LogP contribution < -0.4 is 5.32 Å². The predicted octanol–water partition coefficient (Wildman–Crippen LogP) is 5.89. The number of hydrogen-bond acceptors (Lipinski definition) is 2. The first kappa shape index (κ1) is 15.3. The van der Waals surface area contributed by atoms with Crippen LogP contribution in [0.3, 0.4) is 0 Å². The van der Waals surface area contributed by atoms with E-state index in [9.17, 15) is 13.2 Å². The summed E-state index contributed by atoms with van der Waals surface area (Å²) in [6.07, 6.45) is -4.48. The first-order chi connectivity index (χ1) is 9.29. The van der Waals surface area contributed by atoms with Gasteiger partial charge in [0.1, 0.15) is 5.76 Å². The molecule has 1 N–H and O–H groups in total. The number of halogens is 5. The van der Waals surface area contributed by atoms with Crippen LogP contribution >= 0.6 is 27.5 Å². The molecule has 0 aliphatic rings. The standard InChI is InChI=1S/C13H10BrClF3NO/c1-7(10-5-6-11(14)20-10)19-12-8(13(16,17)18)3-2-4-9(12)15/h2-7,19H,1H3. The summed E-state index contributed by atoms with van der Waals surface area (Å²) in [4.78, 5) is 0. The Morgan fingerprint density at radius 3 is 2.50 bits per heavy atom. The monoisotopic (exact) mass is 367 g/mol. The molecule has 108 valence electrons. The second-order valence-electron chi connectivity index (χ2n) is 4.17. The van der Waals surface area contributed by atoms with E-state index in [1.54, 1.807) is 19.1 Å². The summed E-state index contributed by atoms with van der Waals surface area (Å²) < 4.78 is 44.7. The minimum Gasteiger partial charge on any atom is -0.452 e. The molecule has 1 heterocycles. The summed E-state index contributed by atoms with van der Waals surface area (Å²) in [5.74, 6) is 0.505. The second-order valence-corrected chi connectivity index (χ2v) is 5.36. The van der Waals surface area contributed by atoms with Gasteiger partial charge in [0.25, 0.3) is 0 Å². The summed E-state index contributed by atoms with van der Waals surface area (Å²) in [5, 5.41) is 2.76. The van der Waals surface area contributed by atoms with Crippen LogP contribution in [0.25, 0.3) is 0 Å². The molecule has 0 radical (unpaired) electrons. The third-order valence-electron chi connectivity index (χ3n) is 2.70. The van der Waals surface area contributed by atoms with Crippen LogP contribution in [0.5, 0.6) is 0 Å². The Labute approximate surface area is 127 Å². The molecule has 0 aliphatic heterocycles. The molecule has 1 aromatic heterocycles. The van der Waals surface area contributed by atoms with Gasteiger partial charge in [-0.3, -0.25) is 0 Å². The lowest BCUT2D eigenvalue weighted by Crippen LogP contribution is -2.13. The van der Waals surface area contributed by atoms with Crippen LogP contribution in [0.1, 0.15) is 24.3 Å². The molecule has 20 heavy (non-hydrogen) atoms. The van der Waals surface area contributed by atoms with Gasteiger partial charge in [-0.15, -0.1) is 0 Å². The molecule has 2 rings (SSSR count). The van der Waals surface area contributed by atoms with Crippen molar-refractivity contribution in [3.63, 3.8) is 0 Å². The molecule has 0 saturated heterocycles. The minimum atomic E-state index is -4.48. The Kier molecular flexibility index (Phi) is 4.34. The smallest absolute Gasteiger partial charge is 0.418 e. The topological polar surface area (TPSA) is 25.2 Å². The van der Waals surface area contributed by atoms with Crippen molar-refractivity contribution in [2.45, 2.75) is 19.1 Å². The molecular weight excluding hydrogens is 358 g/mol. The van der Waals surface area contributed by atoms with Crippen LogP contribution in [-0.2, 0) is 6.18 Å². The molecule has 0 aliphatic carbocycles. The van der Waals surface area contributed by atoms with E-state index in [0.29, 0.717) is 10.4 Å². The molecule has 0 bridgehead atoms. The van der Waals surface area contributed by atoms with E-state index in [1.807, 2.05) is 0 Å². The summed E-state index contributed by atoms with van der Waals surface area (Å²) in [6.45, 7) is 1.69. The van der Waals surface area contributed by atoms with Crippen molar-refractivity contribution in [1.29, 1.82) is 0 Å². The summed E-state index contributed by atoms with van der Waals surface area (Å²) >= 11 is 9.02. The molecule has 2 aromatic rings. The maximum atomic E-state index is 13.0. The van der Waals surface area contributed by atoms with Crippen molar-refractivity contribution in [3.05, 3.63) is 51.3 Å². The van der Waals surface area contributed by atoms with E-state index >= 15 is 0 Å². The maximum Gasteiger partial charge on any atom is 0.418 e. The van der Waals surface area contributed by atoms with Gasteiger partial charge in [-0.2, -0.15) is 13.2 Å². The number of alkyl halides is 3. The molecule has 1 atom stereocenters. The quantitative estimate of drug-likeness (QED) is 0.731. The van der Waals surface area contributed by atoms with Gasteiger partial charge in [0, 0.05) is 0 Å². The molecular formula is C13H10BrClF3NO. The lowest BCUT2D eigenvalue weighted by atomic mass is 10.1. The van der Waals surface area contributed by atoms with Crippen LogP contribution in [-0.4, -0.2) is 0 Å². The van der Waals surface area contributed by atoms with Gasteiger partial charge in [-0.25, -0.2) is 0 Å². The third-order valence-corrected chi connectivity index (χ3v) is 3.44. The van der Waals surface area contributed by atoms with E-state index in [-0.39, 0.29) is 10.7 Å². The predicted molar refractivity (Wildman–Crippen MR) is 74.9 cm³/mol. The van der Waals surface area contributed by atoms with E-state index in [1.165, 1.54) is 12.1 Å². The zero-order chi connectivity index (χ0) is 14.9. The van der Waals surface area contributed by atoms with E-state index in [4.69, 9.17) is 16.0 Å². The third kappa shape index (κ3) is 3.30. The van der Waals surface area contributed by atoms with E-state index < -0.39 is 17.8 Å². The first-order valence-corrected chi connectivity index (χ1v) is 6.83. The van der Waals surface area contributed by atoms with Crippen LogP contribution in [0.2, 0.25) is 5.02 Å². The number of nitrogens with one attached hydrogen (secondary N) is 1. The van der Waals surface area contributed by atoms with Gasteiger partial charge in [-0.1, -0.05) is 17.7 Å². The average molecular weight is 369 g/mol. The van der Waals surface area contributed by atoms with Gasteiger partial charge >= 0.3 is 6.18 Å². The lowest BCUT2D eigenvalue weighted by Gasteiger charge is -2.19. The molecule has 0 amide bonds. The fourth-order valence-corrected chi connectivity index (χ4v) is 2.30. The van der Waals surface area contributed by atoms with Crippen molar-refractivity contribution in [2.75, 3.05) is 5.32 Å². The molecule has 0 saturated carbocycles. The number of hydrogen-bond donors (Lipinski definition) is 1. The number of furan rings is 1. The van der Waals surface area contributed by atoms with Crippen molar-refractivity contribution in [2.24, 2.45) is 0 Å². The van der Waals surface area contributed by atoms with Crippen molar-refractivity contribution < 1.29 is 17.6 Å². The van der Waals surface area contributed by atoms with Crippen molar-refractivity contribution >= 4 is 33.2 Å². The molecule has 7 heteroatoms. The first-order valence-electron chi connectivity index (χ1n) is 5.66. The highest BCUT2D eigenvalue weighted by atomic mass is 79.9. The lowest BCUT2D eigenvalue weighted by molar-refractivity contribution is -0.137. The zero-order valence-electron chi connectivity index (χ0n) is 10.3. The average Bonchev–Trinajstić information content (AvgIpc) is 2.77. The van der Waals surface area contributed by atoms with Gasteiger partial charge in [0.2, 0.25) is 0 Å². The Morgan fingerprint density at radius 1 is 1.25 bits per heavy atom. The number of para-hydroxylation sites is 1. The normalized spacial score (nSPS) is 13.3. The largest absolute Gasteiger partial charge is 0.452 e. The molecule has 0 spiro atoms. The summed E-state index contributed by atoms with van der Waals surface area (Å²) in [5.41, 5.74) is -0.954. The highest BCUT2D eigenvalue weighted by molar-refractivity contribution is 9.10. The van der Waals surface area contributed by atoms with Crippen LogP contribution in [0.4, 0.5) is 18.9 Å². The van der Waals surface area contributed by atoms with Gasteiger partial charge in [-0.05, 0) is 47.1 Å². The SMILES string of the molecule is CC(Nc1c(Cl)cccc1C(F)(F)F)c1ccc(Br)o1. The van der Waals surface area contributed by atoms with Crippen molar-refractivity contribution in [1.82, 2.24) is 0 Å². The van der Waals surface area contributed by atoms with Crippen LogP contribution in [0, 0.1) is 0 Å². The van der Waals surface area contributed by atoms with Gasteiger partial charge in [0.05, 0.1) is 22.3 Å². The maximum absolute atomic E-state index is 13.0. The zero-order valence-corrected chi connectivity index (χ0v) is 12.6. The molecule has 0 fully saturated rings. The highest BCUT2D eigenvalue weighted by Gasteiger charge is 2.34. The van der Waals surface area contributed by atoms with E-state index in [2.05, 4.69) is 21.2 Å². The number of benzene rings is 1. The fourth-order valence-electron chi connectivity index (χ4n) is 1.76.